The Hall–Kier alpha value is -0.0800. The number of unbranched alkanes of at least 4 members (excludes halogenated alkanes) is 1. The molecule has 4 unspecified atom stereocenters. The molecule has 0 fully saturated rings. The largest absolute Gasteiger partial charge is 0.394 e. The Kier molecular flexibility index (Phi) is 27.6. The summed E-state index contributed by atoms with van der Waals surface area (Å²) >= 11 is 0. The highest BCUT2D eigenvalue weighted by atomic mass is 16.3. The molecule has 208 valence electrons. The highest BCUT2D eigenvalue weighted by Gasteiger charge is 2.09. The summed E-state index contributed by atoms with van der Waals surface area (Å²) in [5.41, 5.74) is 0. The predicted octanol–water partition coefficient (Wildman–Crippen LogP) is 10.1. The van der Waals surface area contributed by atoms with E-state index in [1.807, 2.05) is 0 Å². The first-order valence-corrected chi connectivity index (χ1v) is 15.3. The van der Waals surface area contributed by atoms with Crippen LogP contribution in [-0.4, -0.2) is 23.4 Å². The molecule has 0 aliphatic heterocycles. The minimum Gasteiger partial charge on any atom is -0.394 e. The highest BCUT2D eigenvalue weighted by molar-refractivity contribution is 4.62. The molecule has 0 aromatic rings. The maximum Gasteiger partial charge on any atom is 0.0662 e. The summed E-state index contributed by atoms with van der Waals surface area (Å²) in [5.74, 6) is 5.51. The van der Waals surface area contributed by atoms with E-state index in [2.05, 4.69) is 55.4 Å². The summed E-state index contributed by atoms with van der Waals surface area (Å²) in [4.78, 5) is 0. The summed E-state index contributed by atoms with van der Waals surface area (Å²) in [6, 6.07) is 0. The van der Waals surface area contributed by atoms with E-state index < -0.39 is 0 Å². The molecule has 0 aromatic heterocycles. The van der Waals surface area contributed by atoms with Crippen molar-refractivity contribution < 1.29 is 10.2 Å². The average molecular weight is 485 g/mol. The quantitative estimate of drug-likeness (QED) is 0.150. The van der Waals surface area contributed by atoms with Gasteiger partial charge in [-0.15, -0.1) is 0 Å². The molecule has 0 aromatic carbocycles. The van der Waals surface area contributed by atoms with Crippen molar-refractivity contribution in [2.45, 2.75) is 158 Å². The van der Waals surface area contributed by atoms with Crippen molar-refractivity contribution >= 4 is 0 Å². The average Bonchev–Trinajstić information content (AvgIpc) is 2.76. The molecule has 0 saturated heterocycles. The van der Waals surface area contributed by atoms with Gasteiger partial charge < -0.3 is 10.2 Å². The number of rotatable bonds is 22. The lowest BCUT2D eigenvalue weighted by Crippen LogP contribution is -2.01. The van der Waals surface area contributed by atoms with Gasteiger partial charge in [-0.25, -0.2) is 0 Å². The highest BCUT2D eigenvalue weighted by Crippen LogP contribution is 2.24. The van der Waals surface area contributed by atoms with Crippen LogP contribution in [0, 0.1) is 35.5 Å². The van der Waals surface area contributed by atoms with Crippen LogP contribution in [0.5, 0.6) is 0 Å². The van der Waals surface area contributed by atoms with Gasteiger partial charge in [0.15, 0.2) is 0 Å². The fraction of sp³-hybridized carbons (Fsp3) is 1.00. The van der Waals surface area contributed by atoms with Gasteiger partial charge in [-0.1, -0.05) is 158 Å². The smallest absolute Gasteiger partial charge is 0.0662 e. The summed E-state index contributed by atoms with van der Waals surface area (Å²) in [6.07, 6.45) is 23.2. The van der Waals surface area contributed by atoms with Gasteiger partial charge in [-0.05, 0) is 35.5 Å². The fourth-order valence-corrected chi connectivity index (χ4v) is 4.94. The maximum absolute atomic E-state index is 7.62. The Balaban J connectivity index is 0. The van der Waals surface area contributed by atoms with E-state index >= 15 is 0 Å². The Morgan fingerprint density at radius 1 is 0.324 bits per heavy atom. The molecule has 4 atom stereocenters. The molecule has 2 N–H and O–H groups in total. The second-order valence-electron chi connectivity index (χ2n) is 12.7. The lowest BCUT2D eigenvalue weighted by atomic mass is 9.90. The van der Waals surface area contributed by atoms with Crippen LogP contribution < -0.4 is 0 Å². The van der Waals surface area contributed by atoms with Crippen LogP contribution in [0.2, 0.25) is 0 Å². The first-order valence-electron chi connectivity index (χ1n) is 15.3. The molecule has 0 aliphatic carbocycles. The lowest BCUT2D eigenvalue weighted by Gasteiger charge is -2.16. The van der Waals surface area contributed by atoms with Crippen LogP contribution in [0.4, 0.5) is 0 Å². The third-order valence-corrected chi connectivity index (χ3v) is 7.49. The molecular weight excluding hydrogens is 416 g/mol. The van der Waals surface area contributed by atoms with Crippen molar-refractivity contribution in [3.05, 3.63) is 0 Å². The van der Waals surface area contributed by atoms with E-state index in [4.69, 9.17) is 10.2 Å². The maximum atomic E-state index is 7.62. The minimum absolute atomic E-state index is 0.125. The standard InChI is InChI=1S/C30H62.C2H6O2/c1-25(2)15-11-19-29(7)23-13-21-27(5)17-9-10-18-28(6)22-14-24-30(8)20-12-16-26(3)4;3-1-2-4/h25-30H,9-24H2,1-8H3;3-4H,1-2H2. The van der Waals surface area contributed by atoms with Crippen molar-refractivity contribution in [2.75, 3.05) is 13.2 Å². The normalized spacial score (nSPS) is 15.2. The van der Waals surface area contributed by atoms with Crippen LogP contribution in [0.3, 0.4) is 0 Å². The van der Waals surface area contributed by atoms with Crippen molar-refractivity contribution in [1.82, 2.24) is 0 Å². The second kappa shape index (κ2) is 26.0. The Morgan fingerprint density at radius 2 is 0.529 bits per heavy atom. The molecule has 0 radical (unpaired) electrons. The van der Waals surface area contributed by atoms with E-state index in [1.165, 1.54) is 103 Å². The van der Waals surface area contributed by atoms with E-state index in [-0.39, 0.29) is 13.2 Å². The third kappa shape index (κ3) is 30.0. The van der Waals surface area contributed by atoms with Gasteiger partial charge in [0.05, 0.1) is 13.2 Å². The molecular formula is C32H68O2. The Labute approximate surface area is 217 Å². The third-order valence-electron chi connectivity index (χ3n) is 7.49. The summed E-state index contributed by atoms with van der Waals surface area (Å²) < 4.78 is 0. The summed E-state index contributed by atoms with van der Waals surface area (Å²) in [5, 5.41) is 15.2. The fourth-order valence-electron chi connectivity index (χ4n) is 4.94. The first kappa shape index (κ1) is 36.1. The molecule has 0 bridgehead atoms. The molecule has 0 saturated carbocycles. The molecule has 0 heterocycles. The molecule has 0 rings (SSSR count). The number of aliphatic hydroxyl groups is 2. The Morgan fingerprint density at radius 3 is 0.735 bits per heavy atom. The van der Waals surface area contributed by atoms with E-state index in [0.717, 1.165) is 35.5 Å². The molecule has 34 heavy (non-hydrogen) atoms. The van der Waals surface area contributed by atoms with Crippen molar-refractivity contribution in [3.63, 3.8) is 0 Å². The summed E-state index contributed by atoms with van der Waals surface area (Å²) in [7, 11) is 0. The van der Waals surface area contributed by atoms with Crippen LogP contribution in [0.1, 0.15) is 158 Å². The zero-order chi connectivity index (χ0) is 26.2. The number of hydrogen-bond acceptors (Lipinski definition) is 2. The monoisotopic (exact) mass is 485 g/mol. The molecule has 0 aliphatic rings. The SMILES string of the molecule is CC(C)CCCC(C)CCCC(C)CCCCC(C)CCCC(C)CCCC(C)C.OCCO. The topological polar surface area (TPSA) is 40.5 Å². The van der Waals surface area contributed by atoms with Crippen molar-refractivity contribution in [2.24, 2.45) is 35.5 Å². The van der Waals surface area contributed by atoms with Gasteiger partial charge >= 0.3 is 0 Å². The second-order valence-corrected chi connectivity index (χ2v) is 12.7. The van der Waals surface area contributed by atoms with Crippen LogP contribution in [-0.2, 0) is 0 Å². The van der Waals surface area contributed by atoms with Gasteiger partial charge in [-0.2, -0.15) is 0 Å². The summed E-state index contributed by atoms with van der Waals surface area (Å²) in [6.45, 7) is 19.1. The molecule has 0 spiro atoms. The lowest BCUT2D eigenvalue weighted by molar-refractivity contribution is 0.186. The Bertz CT molecular complexity index is 343. The van der Waals surface area contributed by atoms with Crippen molar-refractivity contribution in [1.29, 1.82) is 0 Å². The van der Waals surface area contributed by atoms with E-state index in [1.54, 1.807) is 0 Å². The van der Waals surface area contributed by atoms with Gasteiger partial charge in [0, 0.05) is 0 Å². The van der Waals surface area contributed by atoms with Gasteiger partial charge in [0.2, 0.25) is 0 Å². The van der Waals surface area contributed by atoms with Crippen LogP contribution in [0.25, 0.3) is 0 Å². The van der Waals surface area contributed by atoms with E-state index in [9.17, 15) is 0 Å². The van der Waals surface area contributed by atoms with Crippen LogP contribution in [0.15, 0.2) is 0 Å². The zero-order valence-corrected chi connectivity index (χ0v) is 25.1. The van der Waals surface area contributed by atoms with Gasteiger partial charge in [0.25, 0.3) is 0 Å². The number of aliphatic hydroxyl groups excluding tert-OH is 2. The molecule has 2 nitrogen and oxygen atoms in total. The van der Waals surface area contributed by atoms with E-state index in [0.29, 0.717) is 0 Å². The molecule has 2 heteroatoms. The predicted molar refractivity (Wildman–Crippen MR) is 154 cm³/mol. The van der Waals surface area contributed by atoms with Crippen molar-refractivity contribution in [3.8, 4) is 0 Å². The minimum atomic E-state index is -0.125. The van der Waals surface area contributed by atoms with Gasteiger partial charge in [0.1, 0.15) is 0 Å². The number of hydrogen-bond donors (Lipinski definition) is 2. The van der Waals surface area contributed by atoms with Crippen LogP contribution >= 0.6 is 0 Å². The molecule has 0 amide bonds. The zero-order valence-electron chi connectivity index (χ0n) is 25.1. The first-order chi connectivity index (χ1) is 16.1. The van der Waals surface area contributed by atoms with Gasteiger partial charge in [-0.3, -0.25) is 0 Å².